The Morgan fingerprint density at radius 3 is 2.67 bits per heavy atom. The molecule has 0 saturated carbocycles. The fraction of sp³-hybridized carbons (Fsp3) is 0.0952. The molecule has 3 rings (SSSR count). The molecule has 1 aromatic heterocycles. The first kappa shape index (κ1) is 18.9. The SMILES string of the molecule is N#CCCn1cc(/C=C/C(=O)c2ccc(Cl)cc2Cl)c(-c2ccccc2)n1. The van der Waals surface area contributed by atoms with Crippen molar-refractivity contribution in [2.45, 2.75) is 13.0 Å². The monoisotopic (exact) mass is 395 g/mol. The molecule has 0 aliphatic heterocycles. The molecule has 3 aromatic rings. The molecule has 27 heavy (non-hydrogen) atoms. The highest BCUT2D eigenvalue weighted by molar-refractivity contribution is 6.37. The summed E-state index contributed by atoms with van der Waals surface area (Å²) >= 11 is 12.0. The van der Waals surface area contributed by atoms with Gasteiger partial charge in [0.05, 0.1) is 29.8 Å². The number of aromatic nitrogens is 2. The standard InChI is InChI=1S/C21H15Cl2N3O/c22-17-8-9-18(19(23)13-17)20(27)10-7-16-14-26(12-4-11-24)25-21(16)15-5-2-1-3-6-15/h1-3,5-10,13-14H,4,12H2/b10-7+. The lowest BCUT2D eigenvalue weighted by Gasteiger charge is -2.01. The quantitative estimate of drug-likeness (QED) is 0.399. The van der Waals surface area contributed by atoms with Gasteiger partial charge in [-0.05, 0) is 30.4 Å². The lowest BCUT2D eigenvalue weighted by atomic mass is 10.1. The number of carbonyl (C=O) groups is 1. The Hall–Kier alpha value is -2.87. The van der Waals surface area contributed by atoms with Gasteiger partial charge in [-0.3, -0.25) is 9.48 Å². The minimum Gasteiger partial charge on any atom is -0.289 e. The summed E-state index contributed by atoms with van der Waals surface area (Å²) in [5.41, 5.74) is 2.86. The maximum Gasteiger partial charge on any atom is 0.187 e. The van der Waals surface area contributed by atoms with E-state index < -0.39 is 0 Å². The Morgan fingerprint density at radius 2 is 1.96 bits per heavy atom. The number of nitrogens with zero attached hydrogens (tertiary/aromatic N) is 3. The molecule has 0 atom stereocenters. The Bertz CT molecular complexity index is 1030. The van der Waals surface area contributed by atoms with Gasteiger partial charge in [0.25, 0.3) is 0 Å². The summed E-state index contributed by atoms with van der Waals surface area (Å²) in [4.78, 5) is 12.5. The molecule has 6 heteroatoms. The number of hydrogen-bond acceptors (Lipinski definition) is 3. The van der Waals surface area contributed by atoms with E-state index in [1.54, 1.807) is 29.0 Å². The number of ketones is 1. The second-order valence-electron chi connectivity index (χ2n) is 5.79. The molecular weight excluding hydrogens is 381 g/mol. The van der Waals surface area contributed by atoms with E-state index in [-0.39, 0.29) is 5.78 Å². The molecule has 0 aliphatic rings. The van der Waals surface area contributed by atoms with Crippen LogP contribution in [0.3, 0.4) is 0 Å². The predicted molar refractivity (Wildman–Crippen MR) is 108 cm³/mol. The van der Waals surface area contributed by atoms with E-state index in [1.807, 2.05) is 36.5 Å². The minimum atomic E-state index is -0.222. The summed E-state index contributed by atoms with van der Waals surface area (Å²) < 4.78 is 1.71. The molecule has 0 bridgehead atoms. The Morgan fingerprint density at radius 1 is 1.19 bits per heavy atom. The summed E-state index contributed by atoms with van der Waals surface area (Å²) in [6.07, 6.45) is 5.37. The number of benzene rings is 2. The highest BCUT2D eigenvalue weighted by atomic mass is 35.5. The number of hydrogen-bond donors (Lipinski definition) is 0. The zero-order valence-corrected chi connectivity index (χ0v) is 15.8. The molecule has 0 unspecified atom stereocenters. The number of carbonyl (C=O) groups excluding carboxylic acids is 1. The first-order chi connectivity index (χ1) is 13.1. The topological polar surface area (TPSA) is 58.7 Å². The largest absolute Gasteiger partial charge is 0.289 e. The molecule has 4 nitrogen and oxygen atoms in total. The number of halogens is 2. The average molecular weight is 396 g/mol. The summed E-state index contributed by atoms with van der Waals surface area (Å²) in [7, 11) is 0. The molecule has 0 fully saturated rings. The van der Waals surface area contributed by atoms with Crippen LogP contribution in [0, 0.1) is 11.3 Å². The Balaban J connectivity index is 1.93. The lowest BCUT2D eigenvalue weighted by Crippen LogP contribution is -1.97. The first-order valence-corrected chi connectivity index (χ1v) is 9.01. The van der Waals surface area contributed by atoms with E-state index in [0.29, 0.717) is 28.6 Å². The maximum atomic E-state index is 12.5. The average Bonchev–Trinajstić information content (AvgIpc) is 3.08. The first-order valence-electron chi connectivity index (χ1n) is 8.26. The highest BCUT2D eigenvalue weighted by Crippen LogP contribution is 2.25. The van der Waals surface area contributed by atoms with E-state index in [9.17, 15) is 4.79 Å². The fourth-order valence-electron chi connectivity index (χ4n) is 2.60. The molecule has 134 valence electrons. The van der Waals surface area contributed by atoms with Crippen LogP contribution < -0.4 is 0 Å². The van der Waals surface area contributed by atoms with Crippen LogP contribution >= 0.6 is 23.2 Å². The van der Waals surface area contributed by atoms with Gasteiger partial charge in [0.1, 0.15) is 0 Å². The van der Waals surface area contributed by atoms with Gasteiger partial charge < -0.3 is 0 Å². The zero-order chi connectivity index (χ0) is 19.2. The molecular formula is C21H15Cl2N3O. The number of nitriles is 1. The molecule has 0 saturated heterocycles. The van der Waals surface area contributed by atoms with E-state index in [0.717, 1.165) is 16.8 Å². The Kier molecular flexibility index (Phi) is 6.08. The van der Waals surface area contributed by atoms with Gasteiger partial charge >= 0.3 is 0 Å². The number of aryl methyl sites for hydroxylation is 1. The van der Waals surface area contributed by atoms with Crippen LogP contribution in [0.25, 0.3) is 17.3 Å². The maximum absolute atomic E-state index is 12.5. The van der Waals surface area contributed by atoms with Crippen LogP contribution in [0.5, 0.6) is 0 Å². The van der Waals surface area contributed by atoms with Crippen molar-refractivity contribution in [1.82, 2.24) is 9.78 Å². The van der Waals surface area contributed by atoms with E-state index >= 15 is 0 Å². The third-order valence-corrected chi connectivity index (χ3v) is 4.45. The third kappa shape index (κ3) is 4.65. The van der Waals surface area contributed by atoms with Crippen molar-refractivity contribution in [1.29, 1.82) is 5.26 Å². The van der Waals surface area contributed by atoms with Crippen molar-refractivity contribution in [3.05, 3.63) is 82.0 Å². The van der Waals surface area contributed by atoms with Gasteiger partial charge in [0.2, 0.25) is 0 Å². The van der Waals surface area contributed by atoms with Crippen LogP contribution in [-0.4, -0.2) is 15.6 Å². The van der Waals surface area contributed by atoms with Gasteiger partial charge in [-0.1, -0.05) is 53.5 Å². The predicted octanol–water partition coefficient (Wildman–Crippen LogP) is 5.67. The van der Waals surface area contributed by atoms with Gasteiger partial charge in [-0.2, -0.15) is 10.4 Å². The van der Waals surface area contributed by atoms with E-state index in [4.69, 9.17) is 28.5 Å². The summed E-state index contributed by atoms with van der Waals surface area (Å²) in [6, 6.07) is 16.6. The molecule has 0 amide bonds. The van der Waals surface area contributed by atoms with E-state index in [1.165, 1.54) is 6.08 Å². The molecule has 1 heterocycles. The van der Waals surface area contributed by atoms with Crippen molar-refractivity contribution in [2.24, 2.45) is 0 Å². The number of rotatable bonds is 6. The smallest absolute Gasteiger partial charge is 0.187 e. The van der Waals surface area contributed by atoms with Crippen molar-refractivity contribution in [3.63, 3.8) is 0 Å². The second-order valence-corrected chi connectivity index (χ2v) is 6.64. The van der Waals surface area contributed by atoms with Gasteiger partial charge in [-0.25, -0.2) is 0 Å². The molecule has 0 radical (unpaired) electrons. The molecule has 2 aromatic carbocycles. The van der Waals surface area contributed by atoms with Crippen LogP contribution in [0.2, 0.25) is 10.0 Å². The Labute approximate surface area is 167 Å². The normalized spacial score (nSPS) is 10.9. The highest BCUT2D eigenvalue weighted by Gasteiger charge is 2.11. The summed E-state index contributed by atoms with van der Waals surface area (Å²) in [5.74, 6) is -0.222. The summed E-state index contributed by atoms with van der Waals surface area (Å²) in [5, 5.41) is 14.1. The fourth-order valence-corrected chi connectivity index (χ4v) is 3.10. The second kappa shape index (κ2) is 8.68. The molecule has 0 aliphatic carbocycles. The van der Waals surface area contributed by atoms with Gasteiger partial charge in [0.15, 0.2) is 5.78 Å². The molecule has 0 spiro atoms. The van der Waals surface area contributed by atoms with Crippen LogP contribution in [0.15, 0.2) is 60.8 Å². The van der Waals surface area contributed by atoms with Crippen LogP contribution in [-0.2, 0) is 6.54 Å². The minimum absolute atomic E-state index is 0.222. The summed E-state index contributed by atoms with van der Waals surface area (Å²) in [6.45, 7) is 0.487. The van der Waals surface area contributed by atoms with Crippen molar-refractivity contribution in [2.75, 3.05) is 0 Å². The van der Waals surface area contributed by atoms with E-state index in [2.05, 4.69) is 11.2 Å². The van der Waals surface area contributed by atoms with Gasteiger partial charge in [-0.15, -0.1) is 0 Å². The van der Waals surface area contributed by atoms with Crippen molar-refractivity contribution in [3.8, 4) is 17.3 Å². The van der Waals surface area contributed by atoms with Crippen molar-refractivity contribution < 1.29 is 4.79 Å². The zero-order valence-electron chi connectivity index (χ0n) is 14.3. The van der Waals surface area contributed by atoms with Crippen LogP contribution in [0.1, 0.15) is 22.3 Å². The van der Waals surface area contributed by atoms with Gasteiger partial charge in [0, 0.05) is 27.9 Å². The number of allylic oxidation sites excluding steroid dienone is 1. The van der Waals surface area contributed by atoms with Crippen molar-refractivity contribution >= 4 is 35.1 Å². The molecule has 0 N–H and O–H groups in total. The van der Waals surface area contributed by atoms with Crippen LogP contribution in [0.4, 0.5) is 0 Å². The third-order valence-electron chi connectivity index (χ3n) is 3.90. The lowest BCUT2D eigenvalue weighted by molar-refractivity contribution is 0.104.